The Morgan fingerprint density at radius 1 is 1.04 bits per heavy atom. The van der Waals surface area contributed by atoms with Gasteiger partial charge in [0.25, 0.3) is 0 Å². The number of thioether (sulfide) groups is 1. The number of hydrogen-bond donors (Lipinski definition) is 0. The van der Waals surface area contributed by atoms with E-state index < -0.39 is 11.7 Å². The van der Waals surface area contributed by atoms with Crippen LogP contribution in [-0.4, -0.2) is 14.8 Å². The molecule has 24 heavy (non-hydrogen) atoms. The van der Waals surface area contributed by atoms with Crippen molar-refractivity contribution in [3.8, 4) is 5.69 Å². The molecule has 0 aliphatic rings. The van der Waals surface area contributed by atoms with Gasteiger partial charge in [-0.3, -0.25) is 4.57 Å². The molecule has 0 radical (unpaired) electrons. The van der Waals surface area contributed by atoms with Crippen molar-refractivity contribution in [1.29, 1.82) is 0 Å². The van der Waals surface area contributed by atoms with E-state index in [1.807, 2.05) is 0 Å². The Kier molecular flexibility index (Phi) is 4.57. The van der Waals surface area contributed by atoms with Crippen LogP contribution in [0.5, 0.6) is 0 Å². The molecule has 0 saturated heterocycles. The number of aromatic nitrogens is 3. The van der Waals surface area contributed by atoms with Crippen LogP contribution in [0.3, 0.4) is 0 Å². The van der Waals surface area contributed by atoms with Gasteiger partial charge in [-0.05, 0) is 35.9 Å². The van der Waals surface area contributed by atoms with E-state index in [4.69, 9.17) is 0 Å². The summed E-state index contributed by atoms with van der Waals surface area (Å²) in [6.45, 7) is 0. The van der Waals surface area contributed by atoms with Gasteiger partial charge >= 0.3 is 6.18 Å². The molecule has 8 heteroatoms. The van der Waals surface area contributed by atoms with E-state index in [-0.39, 0.29) is 5.82 Å². The Balaban J connectivity index is 1.73. The van der Waals surface area contributed by atoms with E-state index in [0.29, 0.717) is 16.6 Å². The zero-order chi connectivity index (χ0) is 17.2. The third-order valence-electron chi connectivity index (χ3n) is 3.25. The number of benzene rings is 2. The maximum atomic E-state index is 13.3. The van der Waals surface area contributed by atoms with Crippen LogP contribution < -0.4 is 0 Å². The van der Waals surface area contributed by atoms with E-state index in [9.17, 15) is 17.6 Å². The smallest absolute Gasteiger partial charge is 0.277 e. The maximum absolute atomic E-state index is 13.3. The molecule has 0 aliphatic carbocycles. The first kappa shape index (κ1) is 16.5. The molecule has 3 nitrogen and oxygen atoms in total. The van der Waals surface area contributed by atoms with Crippen LogP contribution >= 0.6 is 11.8 Å². The van der Waals surface area contributed by atoms with Crippen molar-refractivity contribution in [1.82, 2.24) is 14.8 Å². The molecule has 0 aliphatic heterocycles. The molecule has 1 heterocycles. The summed E-state index contributed by atoms with van der Waals surface area (Å²) in [7, 11) is 0. The number of rotatable bonds is 4. The van der Waals surface area contributed by atoms with Gasteiger partial charge in [0.15, 0.2) is 5.16 Å². The first-order valence-corrected chi connectivity index (χ1v) is 7.87. The van der Waals surface area contributed by atoms with Crippen LogP contribution in [0.4, 0.5) is 17.6 Å². The summed E-state index contributed by atoms with van der Waals surface area (Å²) >= 11 is 1.31. The summed E-state index contributed by atoms with van der Waals surface area (Å²) in [4.78, 5) is 0. The van der Waals surface area contributed by atoms with Crippen LogP contribution in [0.1, 0.15) is 11.1 Å². The topological polar surface area (TPSA) is 30.7 Å². The van der Waals surface area contributed by atoms with Gasteiger partial charge in [0.1, 0.15) is 12.1 Å². The molecule has 2 aromatic carbocycles. The largest absolute Gasteiger partial charge is 0.416 e. The molecule has 124 valence electrons. The van der Waals surface area contributed by atoms with Gasteiger partial charge in [-0.15, -0.1) is 10.2 Å². The minimum atomic E-state index is -4.34. The number of nitrogens with zero attached hydrogens (tertiary/aromatic N) is 3. The fourth-order valence-electron chi connectivity index (χ4n) is 2.06. The molecular formula is C16H11F4N3S. The Labute approximate surface area is 139 Å². The molecule has 0 saturated carbocycles. The number of halogens is 4. The third-order valence-corrected chi connectivity index (χ3v) is 4.27. The van der Waals surface area contributed by atoms with Gasteiger partial charge in [0.2, 0.25) is 0 Å². The maximum Gasteiger partial charge on any atom is 0.416 e. The summed E-state index contributed by atoms with van der Waals surface area (Å²) in [6.07, 6.45) is -2.88. The van der Waals surface area contributed by atoms with Gasteiger partial charge in [-0.2, -0.15) is 13.2 Å². The van der Waals surface area contributed by atoms with E-state index in [0.717, 1.165) is 17.7 Å². The zero-order valence-electron chi connectivity index (χ0n) is 12.2. The summed E-state index contributed by atoms with van der Waals surface area (Å²) in [5.41, 5.74) is 0.621. The molecule has 0 bridgehead atoms. The van der Waals surface area contributed by atoms with Crippen LogP contribution in [-0.2, 0) is 11.9 Å². The molecule has 3 rings (SSSR count). The van der Waals surface area contributed by atoms with Crippen molar-refractivity contribution in [3.05, 3.63) is 71.8 Å². The highest BCUT2D eigenvalue weighted by Crippen LogP contribution is 2.30. The highest BCUT2D eigenvalue weighted by molar-refractivity contribution is 7.98. The third kappa shape index (κ3) is 3.76. The Morgan fingerprint density at radius 3 is 2.46 bits per heavy atom. The highest BCUT2D eigenvalue weighted by atomic mass is 32.2. The molecule has 0 fully saturated rings. The minimum Gasteiger partial charge on any atom is -0.277 e. The lowest BCUT2D eigenvalue weighted by atomic mass is 10.1. The van der Waals surface area contributed by atoms with Crippen molar-refractivity contribution in [3.63, 3.8) is 0 Å². The zero-order valence-corrected chi connectivity index (χ0v) is 13.0. The van der Waals surface area contributed by atoms with Gasteiger partial charge in [0.05, 0.1) is 11.3 Å². The Hall–Kier alpha value is -2.35. The van der Waals surface area contributed by atoms with Gasteiger partial charge in [0, 0.05) is 5.75 Å². The van der Waals surface area contributed by atoms with Crippen LogP contribution in [0.15, 0.2) is 60.0 Å². The summed E-state index contributed by atoms with van der Waals surface area (Å²) in [5, 5.41) is 8.30. The fraction of sp³-hybridized carbons (Fsp3) is 0.125. The number of hydrogen-bond acceptors (Lipinski definition) is 3. The second-order valence-corrected chi connectivity index (χ2v) is 5.89. The molecule has 3 aromatic rings. The summed E-state index contributed by atoms with van der Waals surface area (Å²) in [6, 6.07) is 10.9. The van der Waals surface area contributed by atoms with Crippen molar-refractivity contribution < 1.29 is 17.6 Å². The van der Waals surface area contributed by atoms with Gasteiger partial charge in [-0.25, -0.2) is 4.39 Å². The SMILES string of the molecule is Fc1cccc(-n2cnnc2SCc2ccc(C(F)(F)F)cc2)c1. The minimum absolute atomic E-state index is 0.375. The molecule has 0 N–H and O–H groups in total. The predicted molar refractivity (Wildman–Crippen MR) is 82.3 cm³/mol. The number of alkyl halides is 3. The lowest BCUT2D eigenvalue weighted by molar-refractivity contribution is -0.137. The van der Waals surface area contributed by atoms with Crippen molar-refractivity contribution >= 4 is 11.8 Å². The summed E-state index contributed by atoms with van der Waals surface area (Å²) < 4.78 is 52.6. The Morgan fingerprint density at radius 2 is 1.79 bits per heavy atom. The van der Waals surface area contributed by atoms with Crippen LogP contribution in [0.25, 0.3) is 5.69 Å². The van der Waals surface area contributed by atoms with E-state index in [2.05, 4.69) is 10.2 Å². The highest BCUT2D eigenvalue weighted by Gasteiger charge is 2.29. The standard InChI is InChI=1S/C16H11F4N3S/c17-13-2-1-3-14(8-13)23-10-21-22-15(23)24-9-11-4-6-12(7-5-11)16(18,19)20/h1-8,10H,9H2. The monoisotopic (exact) mass is 353 g/mol. The molecular weight excluding hydrogens is 342 g/mol. The molecule has 0 spiro atoms. The fourth-order valence-corrected chi connectivity index (χ4v) is 2.95. The first-order chi connectivity index (χ1) is 11.4. The molecule has 1 aromatic heterocycles. The predicted octanol–water partition coefficient (Wildman–Crippen LogP) is 4.72. The molecule has 0 atom stereocenters. The van der Waals surface area contributed by atoms with Crippen molar-refractivity contribution in [2.24, 2.45) is 0 Å². The Bertz CT molecular complexity index is 828. The van der Waals surface area contributed by atoms with E-state index in [1.54, 1.807) is 16.7 Å². The van der Waals surface area contributed by atoms with Crippen molar-refractivity contribution in [2.75, 3.05) is 0 Å². The first-order valence-electron chi connectivity index (χ1n) is 6.88. The van der Waals surface area contributed by atoms with Crippen LogP contribution in [0, 0.1) is 5.82 Å². The van der Waals surface area contributed by atoms with Crippen molar-refractivity contribution in [2.45, 2.75) is 17.1 Å². The molecule has 0 amide bonds. The quantitative estimate of drug-likeness (QED) is 0.502. The van der Waals surface area contributed by atoms with E-state index >= 15 is 0 Å². The average molecular weight is 353 g/mol. The van der Waals surface area contributed by atoms with Gasteiger partial charge < -0.3 is 0 Å². The second kappa shape index (κ2) is 6.64. The van der Waals surface area contributed by atoms with E-state index in [1.165, 1.54) is 42.4 Å². The lowest BCUT2D eigenvalue weighted by Crippen LogP contribution is -2.04. The molecule has 0 unspecified atom stereocenters. The van der Waals surface area contributed by atoms with Gasteiger partial charge in [-0.1, -0.05) is 30.0 Å². The second-order valence-electron chi connectivity index (χ2n) is 4.95. The average Bonchev–Trinajstić information content (AvgIpc) is 3.01. The summed E-state index contributed by atoms with van der Waals surface area (Å²) in [5.74, 6) is 0.0477. The van der Waals surface area contributed by atoms with Crippen LogP contribution in [0.2, 0.25) is 0 Å². The lowest BCUT2D eigenvalue weighted by Gasteiger charge is -2.08. The normalized spacial score (nSPS) is 11.7.